The maximum atomic E-state index is 4.56. The summed E-state index contributed by atoms with van der Waals surface area (Å²) in [7, 11) is 0. The van der Waals surface area contributed by atoms with Gasteiger partial charge in [-0.3, -0.25) is 4.90 Å². The standard InChI is InChI=1S/C17H19N5/c1-2-4-15(5-3-1)14-20-10-12-21(13-11-20)17-16-6-7-19-22(16)9-8-18-17/h1-9H,10-14H2. The molecule has 1 saturated heterocycles. The molecule has 1 aliphatic rings. The average molecular weight is 293 g/mol. The van der Waals surface area contributed by atoms with E-state index in [-0.39, 0.29) is 0 Å². The SMILES string of the molecule is c1ccc(CN2CCN(c3nccn4nccc34)CC2)cc1. The predicted octanol–water partition coefficient (Wildman–Crippen LogP) is 2.05. The molecule has 4 rings (SSSR count). The molecule has 0 unspecified atom stereocenters. The van der Waals surface area contributed by atoms with E-state index in [2.05, 4.69) is 50.2 Å². The Hall–Kier alpha value is -2.40. The van der Waals surface area contributed by atoms with Crippen LogP contribution >= 0.6 is 0 Å². The Balaban J connectivity index is 1.45. The molecule has 1 aliphatic heterocycles. The van der Waals surface area contributed by atoms with E-state index in [1.54, 1.807) is 0 Å². The lowest BCUT2D eigenvalue weighted by Crippen LogP contribution is -2.46. The molecule has 0 amide bonds. The highest BCUT2D eigenvalue weighted by atomic mass is 15.3. The van der Waals surface area contributed by atoms with E-state index in [1.807, 2.05) is 29.2 Å². The third kappa shape index (κ3) is 2.55. The van der Waals surface area contributed by atoms with Crippen LogP contribution in [0.3, 0.4) is 0 Å². The molecule has 0 atom stereocenters. The Morgan fingerprint density at radius 2 is 1.73 bits per heavy atom. The van der Waals surface area contributed by atoms with Crippen LogP contribution in [0.2, 0.25) is 0 Å². The Labute approximate surface area is 129 Å². The normalized spacial score (nSPS) is 16.3. The van der Waals surface area contributed by atoms with Crippen LogP contribution in [0.5, 0.6) is 0 Å². The van der Waals surface area contributed by atoms with Gasteiger partial charge in [0.1, 0.15) is 5.52 Å². The van der Waals surface area contributed by atoms with E-state index in [1.165, 1.54) is 5.56 Å². The van der Waals surface area contributed by atoms with Crippen LogP contribution in [0.15, 0.2) is 55.0 Å². The molecule has 0 bridgehead atoms. The molecule has 1 aromatic carbocycles. The molecule has 3 heterocycles. The van der Waals surface area contributed by atoms with Gasteiger partial charge in [-0.1, -0.05) is 30.3 Å². The lowest BCUT2D eigenvalue weighted by molar-refractivity contribution is 0.249. The van der Waals surface area contributed by atoms with Gasteiger partial charge in [0.05, 0.1) is 6.20 Å². The fourth-order valence-electron chi connectivity index (χ4n) is 3.05. The van der Waals surface area contributed by atoms with Gasteiger partial charge in [0.15, 0.2) is 5.82 Å². The number of anilines is 1. The molecule has 0 saturated carbocycles. The highest BCUT2D eigenvalue weighted by molar-refractivity contribution is 5.68. The second kappa shape index (κ2) is 5.77. The number of nitrogens with zero attached hydrogens (tertiary/aromatic N) is 5. The first-order valence-electron chi connectivity index (χ1n) is 7.70. The van der Waals surface area contributed by atoms with Crippen molar-refractivity contribution in [3.63, 3.8) is 0 Å². The number of hydrogen-bond acceptors (Lipinski definition) is 4. The average Bonchev–Trinajstić information content (AvgIpc) is 3.05. The molecular formula is C17H19N5. The molecule has 5 heteroatoms. The lowest BCUT2D eigenvalue weighted by Gasteiger charge is -2.35. The Morgan fingerprint density at radius 3 is 2.55 bits per heavy atom. The highest BCUT2D eigenvalue weighted by Crippen LogP contribution is 2.20. The Kier molecular flexibility index (Phi) is 3.48. The summed E-state index contributed by atoms with van der Waals surface area (Å²) in [5, 5.41) is 4.28. The van der Waals surface area contributed by atoms with Crippen molar-refractivity contribution in [3.8, 4) is 0 Å². The van der Waals surface area contributed by atoms with Crippen molar-refractivity contribution in [2.75, 3.05) is 31.1 Å². The minimum absolute atomic E-state index is 1.00. The summed E-state index contributed by atoms with van der Waals surface area (Å²) < 4.78 is 1.89. The molecule has 0 spiro atoms. The van der Waals surface area contributed by atoms with Gasteiger partial charge in [-0.15, -0.1) is 0 Å². The van der Waals surface area contributed by atoms with Gasteiger partial charge >= 0.3 is 0 Å². The second-order valence-corrected chi connectivity index (χ2v) is 5.66. The predicted molar refractivity (Wildman–Crippen MR) is 86.9 cm³/mol. The summed E-state index contributed by atoms with van der Waals surface area (Å²) in [6.07, 6.45) is 5.54. The molecule has 0 radical (unpaired) electrons. The number of benzene rings is 1. The molecule has 2 aromatic heterocycles. The first-order valence-corrected chi connectivity index (χ1v) is 7.70. The van der Waals surface area contributed by atoms with Crippen molar-refractivity contribution in [2.24, 2.45) is 0 Å². The molecule has 1 fully saturated rings. The topological polar surface area (TPSA) is 36.7 Å². The van der Waals surface area contributed by atoms with Gasteiger partial charge in [-0.2, -0.15) is 5.10 Å². The van der Waals surface area contributed by atoms with Crippen LogP contribution in [-0.2, 0) is 6.54 Å². The largest absolute Gasteiger partial charge is 0.352 e. The third-order valence-corrected chi connectivity index (χ3v) is 4.22. The van der Waals surface area contributed by atoms with Gasteiger partial charge in [0.25, 0.3) is 0 Å². The van der Waals surface area contributed by atoms with Crippen LogP contribution in [0.1, 0.15) is 5.56 Å². The van der Waals surface area contributed by atoms with Crippen molar-refractivity contribution in [2.45, 2.75) is 6.54 Å². The van der Waals surface area contributed by atoms with Gasteiger partial charge < -0.3 is 4.90 Å². The maximum Gasteiger partial charge on any atom is 0.154 e. The zero-order valence-electron chi connectivity index (χ0n) is 12.5. The quantitative estimate of drug-likeness (QED) is 0.740. The van der Waals surface area contributed by atoms with Crippen LogP contribution < -0.4 is 4.90 Å². The fraction of sp³-hybridized carbons (Fsp3) is 0.294. The first-order chi connectivity index (χ1) is 10.9. The Bertz CT molecular complexity index is 744. The van der Waals surface area contributed by atoms with Crippen molar-refractivity contribution >= 4 is 11.3 Å². The number of piperazine rings is 1. The van der Waals surface area contributed by atoms with Gasteiger partial charge in [0.2, 0.25) is 0 Å². The second-order valence-electron chi connectivity index (χ2n) is 5.66. The zero-order valence-corrected chi connectivity index (χ0v) is 12.5. The van der Waals surface area contributed by atoms with E-state index >= 15 is 0 Å². The van der Waals surface area contributed by atoms with E-state index in [4.69, 9.17) is 0 Å². The summed E-state index contributed by atoms with van der Waals surface area (Å²) >= 11 is 0. The first kappa shape index (κ1) is 13.3. The molecule has 112 valence electrons. The van der Waals surface area contributed by atoms with Crippen LogP contribution in [0.25, 0.3) is 5.52 Å². The minimum Gasteiger partial charge on any atom is -0.352 e. The fourth-order valence-corrected chi connectivity index (χ4v) is 3.05. The summed E-state index contributed by atoms with van der Waals surface area (Å²) in [4.78, 5) is 9.42. The zero-order chi connectivity index (χ0) is 14.8. The molecule has 5 nitrogen and oxygen atoms in total. The third-order valence-electron chi connectivity index (χ3n) is 4.22. The molecule has 0 aliphatic carbocycles. The minimum atomic E-state index is 1.00. The summed E-state index contributed by atoms with van der Waals surface area (Å²) in [5.74, 6) is 1.04. The van der Waals surface area contributed by atoms with Crippen molar-refractivity contribution in [1.82, 2.24) is 19.5 Å². The maximum absolute atomic E-state index is 4.56. The van der Waals surface area contributed by atoms with E-state index in [0.29, 0.717) is 0 Å². The summed E-state index contributed by atoms with van der Waals surface area (Å²) in [6.45, 7) is 5.16. The van der Waals surface area contributed by atoms with Crippen molar-refractivity contribution in [1.29, 1.82) is 0 Å². The van der Waals surface area contributed by atoms with Gasteiger partial charge in [0, 0.05) is 45.1 Å². The van der Waals surface area contributed by atoms with E-state index < -0.39 is 0 Å². The highest BCUT2D eigenvalue weighted by Gasteiger charge is 2.19. The molecule has 3 aromatic rings. The number of aromatic nitrogens is 3. The van der Waals surface area contributed by atoms with Crippen molar-refractivity contribution in [3.05, 3.63) is 60.6 Å². The molecule has 0 N–H and O–H groups in total. The number of rotatable bonds is 3. The lowest BCUT2D eigenvalue weighted by atomic mass is 10.2. The van der Waals surface area contributed by atoms with Gasteiger partial charge in [-0.05, 0) is 11.6 Å². The monoisotopic (exact) mass is 293 g/mol. The Morgan fingerprint density at radius 1 is 0.909 bits per heavy atom. The van der Waals surface area contributed by atoms with Gasteiger partial charge in [-0.25, -0.2) is 9.50 Å². The van der Waals surface area contributed by atoms with Crippen LogP contribution in [0.4, 0.5) is 5.82 Å². The number of hydrogen-bond donors (Lipinski definition) is 0. The number of fused-ring (bicyclic) bond motifs is 1. The molecular weight excluding hydrogens is 274 g/mol. The molecule has 22 heavy (non-hydrogen) atoms. The van der Waals surface area contributed by atoms with E-state index in [0.717, 1.165) is 44.1 Å². The van der Waals surface area contributed by atoms with Crippen LogP contribution in [-0.4, -0.2) is 45.7 Å². The van der Waals surface area contributed by atoms with Crippen molar-refractivity contribution < 1.29 is 0 Å². The van der Waals surface area contributed by atoms with E-state index in [9.17, 15) is 0 Å². The van der Waals surface area contributed by atoms with Crippen LogP contribution in [0, 0.1) is 0 Å². The summed E-state index contributed by atoms with van der Waals surface area (Å²) in [5.41, 5.74) is 2.46. The smallest absolute Gasteiger partial charge is 0.154 e. The summed E-state index contributed by atoms with van der Waals surface area (Å²) in [6, 6.07) is 12.7.